The molecule has 0 aliphatic heterocycles. The fourth-order valence-electron chi connectivity index (χ4n) is 2.06. The molecule has 0 aliphatic rings. The van der Waals surface area contributed by atoms with Crippen molar-refractivity contribution in [3.63, 3.8) is 0 Å². The van der Waals surface area contributed by atoms with Gasteiger partial charge in [0.2, 0.25) is 0 Å². The van der Waals surface area contributed by atoms with Crippen molar-refractivity contribution >= 4 is 12.2 Å². The Balaban J connectivity index is 2.06. The fraction of sp³-hybridized carbons (Fsp3) is 0.263. The topological polar surface area (TPSA) is 18.5 Å². The minimum atomic E-state index is -0.271. The average molecular weight is 282 g/mol. The molecule has 0 atom stereocenters. The summed E-state index contributed by atoms with van der Waals surface area (Å²) in [6.07, 6.45) is 3.94. The Hall–Kier alpha value is -1.90. The van der Waals surface area contributed by atoms with Crippen molar-refractivity contribution in [2.24, 2.45) is 0 Å². The zero-order valence-corrected chi connectivity index (χ0v) is 12.7. The number of hydrogen-bond donors (Lipinski definition) is 0. The number of benzene rings is 2. The Morgan fingerprint density at radius 2 is 1.29 bits per heavy atom. The molecule has 0 N–H and O–H groups in total. The van der Waals surface area contributed by atoms with E-state index in [9.17, 15) is 0 Å². The summed E-state index contributed by atoms with van der Waals surface area (Å²) < 4.78 is 11.2. The predicted molar refractivity (Wildman–Crippen MR) is 87.8 cm³/mol. The lowest BCUT2D eigenvalue weighted by atomic mass is 10.1. The zero-order chi connectivity index (χ0) is 14.9. The van der Waals surface area contributed by atoms with Crippen LogP contribution >= 0.6 is 0 Å². The van der Waals surface area contributed by atoms with Crippen LogP contribution in [0.5, 0.6) is 0 Å². The van der Waals surface area contributed by atoms with E-state index in [4.69, 9.17) is 9.47 Å². The summed E-state index contributed by atoms with van der Waals surface area (Å²) >= 11 is 0. The SMILES string of the molecule is CCOC(OCC)c1ccc(/C=C/c2ccccc2)cc1. The van der Waals surface area contributed by atoms with E-state index in [2.05, 4.69) is 48.6 Å². The molecule has 0 aromatic heterocycles. The van der Waals surface area contributed by atoms with Crippen LogP contribution in [-0.4, -0.2) is 13.2 Å². The second-order valence-electron chi connectivity index (χ2n) is 4.65. The molecule has 2 rings (SSSR count). The maximum atomic E-state index is 5.60. The first-order valence-corrected chi connectivity index (χ1v) is 7.39. The first-order valence-electron chi connectivity index (χ1n) is 7.39. The van der Waals surface area contributed by atoms with E-state index < -0.39 is 0 Å². The molecule has 2 aromatic carbocycles. The van der Waals surface area contributed by atoms with Crippen LogP contribution < -0.4 is 0 Å². The van der Waals surface area contributed by atoms with Gasteiger partial charge in [0.25, 0.3) is 0 Å². The van der Waals surface area contributed by atoms with Crippen molar-refractivity contribution in [3.05, 3.63) is 71.3 Å². The quantitative estimate of drug-likeness (QED) is 0.529. The summed E-state index contributed by atoms with van der Waals surface area (Å²) in [5, 5.41) is 0. The molecule has 2 heteroatoms. The highest BCUT2D eigenvalue weighted by atomic mass is 16.7. The maximum absolute atomic E-state index is 5.60. The summed E-state index contributed by atoms with van der Waals surface area (Å²) in [7, 11) is 0. The van der Waals surface area contributed by atoms with Crippen LogP contribution in [0.15, 0.2) is 54.6 Å². The van der Waals surface area contributed by atoms with E-state index in [1.54, 1.807) is 0 Å². The Bertz CT molecular complexity index is 538. The summed E-state index contributed by atoms with van der Waals surface area (Å²) in [6.45, 7) is 5.23. The highest BCUT2D eigenvalue weighted by Crippen LogP contribution is 2.20. The van der Waals surface area contributed by atoms with Crippen LogP contribution in [0, 0.1) is 0 Å². The second-order valence-corrected chi connectivity index (χ2v) is 4.65. The molecular formula is C19H22O2. The number of rotatable bonds is 7. The minimum absolute atomic E-state index is 0.271. The molecular weight excluding hydrogens is 260 g/mol. The van der Waals surface area contributed by atoms with E-state index >= 15 is 0 Å². The third kappa shape index (κ3) is 4.85. The smallest absolute Gasteiger partial charge is 0.183 e. The Morgan fingerprint density at radius 3 is 1.81 bits per heavy atom. The van der Waals surface area contributed by atoms with Crippen molar-refractivity contribution in [2.75, 3.05) is 13.2 Å². The van der Waals surface area contributed by atoms with Crippen molar-refractivity contribution in [2.45, 2.75) is 20.1 Å². The van der Waals surface area contributed by atoms with E-state index in [0.29, 0.717) is 13.2 Å². The molecule has 0 aliphatic carbocycles. The van der Waals surface area contributed by atoms with Crippen LogP contribution in [0.4, 0.5) is 0 Å². The molecule has 0 spiro atoms. The van der Waals surface area contributed by atoms with Crippen LogP contribution in [0.1, 0.15) is 36.8 Å². The monoisotopic (exact) mass is 282 g/mol. The molecule has 110 valence electrons. The molecule has 0 bridgehead atoms. The van der Waals surface area contributed by atoms with Gasteiger partial charge in [-0.05, 0) is 25.0 Å². The van der Waals surface area contributed by atoms with Crippen molar-refractivity contribution in [3.8, 4) is 0 Å². The second kappa shape index (κ2) is 8.40. The maximum Gasteiger partial charge on any atom is 0.183 e. The van der Waals surface area contributed by atoms with Gasteiger partial charge in [-0.1, -0.05) is 66.7 Å². The molecule has 2 nitrogen and oxygen atoms in total. The lowest BCUT2D eigenvalue weighted by Crippen LogP contribution is -2.08. The van der Waals surface area contributed by atoms with Gasteiger partial charge in [0, 0.05) is 18.8 Å². The van der Waals surface area contributed by atoms with Gasteiger partial charge in [-0.3, -0.25) is 0 Å². The highest BCUT2D eigenvalue weighted by molar-refractivity contribution is 5.69. The summed E-state index contributed by atoms with van der Waals surface area (Å²) in [4.78, 5) is 0. The largest absolute Gasteiger partial charge is 0.349 e. The lowest BCUT2D eigenvalue weighted by Gasteiger charge is -2.17. The fourth-order valence-corrected chi connectivity index (χ4v) is 2.06. The van der Waals surface area contributed by atoms with Gasteiger partial charge in [0.1, 0.15) is 0 Å². The predicted octanol–water partition coefficient (Wildman–Crippen LogP) is 4.93. The van der Waals surface area contributed by atoms with Crippen LogP contribution in [0.25, 0.3) is 12.2 Å². The standard InChI is InChI=1S/C19H22O2/c1-3-20-19(21-4-2)18-14-12-17(13-15-18)11-10-16-8-6-5-7-9-16/h5-15,19H,3-4H2,1-2H3/b11-10+. The summed E-state index contributed by atoms with van der Waals surface area (Å²) in [5.74, 6) is 0. The Labute approximate surface area is 127 Å². The van der Waals surface area contributed by atoms with Gasteiger partial charge in [0.15, 0.2) is 6.29 Å². The minimum Gasteiger partial charge on any atom is -0.349 e. The van der Waals surface area contributed by atoms with Gasteiger partial charge in [0.05, 0.1) is 0 Å². The summed E-state index contributed by atoms with van der Waals surface area (Å²) in [6, 6.07) is 18.6. The van der Waals surface area contributed by atoms with Gasteiger partial charge in [-0.2, -0.15) is 0 Å². The third-order valence-corrected chi connectivity index (χ3v) is 3.11. The molecule has 0 saturated carbocycles. The first kappa shape index (κ1) is 15.5. The van der Waals surface area contributed by atoms with E-state index in [1.165, 1.54) is 5.56 Å². The molecule has 0 amide bonds. The van der Waals surface area contributed by atoms with Crippen molar-refractivity contribution in [1.29, 1.82) is 0 Å². The zero-order valence-electron chi connectivity index (χ0n) is 12.7. The van der Waals surface area contributed by atoms with Gasteiger partial charge in [-0.15, -0.1) is 0 Å². The van der Waals surface area contributed by atoms with Crippen LogP contribution in [0.3, 0.4) is 0 Å². The molecule has 0 radical (unpaired) electrons. The van der Waals surface area contributed by atoms with Crippen LogP contribution in [0.2, 0.25) is 0 Å². The van der Waals surface area contributed by atoms with Crippen molar-refractivity contribution in [1.82, 2.24) is 0 Å². The molecule has 0 unspecified atom stereocenters. The van der Waals surface area contributed by atoms with E-state index in [1.807, 2.05) is 32.0 Å². The highest BCUT2D eigenvalue weighted by Gasteiger charge is 2.10. The third-order valence-electron chi connectivity index (χ3n) is 3.11. The lowest BCUT2D eigenvalue weighted by molar-refractivity contribution is -0.140. The van der Waals surface area contributed by atoms with Gasteiger partial charge < -0.3 is 9.47 Å². The van der Waals surface area contributed by atoms with E-state index in [-0.39, 0.29) is 6.29 Å². The number of ether oxygens (including phenoxy) is 2. The van der Waals surface area contributed by atoms with Gasteiger partial charge in [-0.25, -0.2) is 0 Å². The normalized spacial score (nSPS) is 11.4. The molecule has 0 heterocycles. The van der Waals surface area contributed by atoms with Crippen molar-refractivity contribution < 1.29 is 9.47 Å². The average Bonchev–Trinajstić information content (AvgIpc) is 2.54. The van der Waals surface area contributed by atoms with Crippen LogP contribution in [-0.2, 0) is 9.47 Å². The van der Waals surface area contributed by atoms with E-state index in [0.717, 1.165) is 11.1 Å². The molecule has 2 aromatic rings. The molecule has 21 heavy (non-hydrogen) atoms. The first-order chi connectivity index (χ1) is 10.3. The molecule has 0 saturated heterocycles. The van der Waals surface area contributed by atoms with Gasteiger partial charge >= 0.3 is 0 Å². The number of hydrogen-bond acceptors (Lipinski definition) is 2. The molecule has 0 fully saturated rings. The Kier molecular flexibility index (Phi) is 6.20. The summed E-state index contributed by atoms with van der Waals surface area (Å²) in [5.41, 5.74) is 3.41. The Morgan fingerprint density at radius 1 is 0.762 bits per heavy atom.